The third-order valence-corrected chi connectivity index (χ3v) is 4.99. The number of fused-ring (bicyclic) bond motifs is 1. The van der Waals surface area contributed by atoms with Crippen LogP contribution in [0.5, 0.6) is 0 Å². The predicted octanol–water partition coefficient (Wildman–Crippen LogP) is 5.04. The second-order valence-electron chi connectivity index (χ2n) is 7.50. The van der Waals surface area contributed by atoms with Crippen molar-refractivity contribution in [2.24, 2.45) is 11.5 Å². The second-order valence-corrected chi connectivity index (χ2v) is 7.50. The molecule has 0 aromatic heterocycles. The SMILES string of the molecule is NCCCCCCCCCCCCN.O=C(O)c1ccc2ccc(C(=O)O)cc2c1. The lowest BCUT2D eigenvalue weighted by Crippen LogP contribution is -1.97. The number of nitrogens with two attached hydrogens (primary N) is 2. The van der Waals surface area contributed by atoms with Gasteiger partial charge in [-0.2, -0.15) is 0 Å². The van der Waals surface area contributed by atoms with E-state index in [9.17, 15) is 9.59 Å². The summed E-state index contributed by atoms with van der Waals surface area (Å²) in [7, 11) is 0. The van der Waals surface area contributed by atoms with Crippen molar-refractivity contribution in [1.82, 2.24) is 0 Å². The van der Waals surface area contributed by atoms with Crippen LogP contribution in [-0.2, 0) is 0 Å². The molecule has 2 rings (SSSR count). The first-order valence-corrected chi connectivity index (χ1v) is 10.9. The molecular weight excluding hydrogens is 380 g/mol. The molecule has 6 heteroatoms. The average Bonchev–Trinajstić information content (AvgIpc) is 2.74. The summed E-state index contributed by atoms with van der Waals surface area (Å²) in [5.41, 5.74) is 11.2. The van der Waals surface area contributed by atoms with Gasteiger partial charge in [-0.25, -0.2) is 9.59 Å². The number of benzene rings is 2. The molecule has 30 heavy (non-hydrogen) atoms. The lowest BCUT2D eigenvalue weighted by molar-refractivity contribution is 0.0687. The Balaban J connectivity index is 0.000000304. The highest BCUT2D eigenvalue weighted by Crippen LogP contribution is 2.18. The maximum atomic E-state index is 10.7. The summed E-state index contributed by atoms with van der Waals surface area (Å²) in [4.78, 5) is 21.5. The molecule has 166 valence electrons. The van der Waals surface area contributed by atoms with Crippen molar-refractivity contribution in [3.63, 3.8) is 0 Å². The Morgan fingerprint density at radius 3 is 1.20 bits per heavy atom. The zero-order valence-electron chi connectivity index (χ0n) is 17.8. The molecule has 0 saturated carbocycles. The van der Waals surface area contributed by atoms with E-state index in [0.29, 0.717) is 5.39 Å². The van der Waals surface area contributed by atoms with Gasteiger partial charge in [-0.1, -0.05) is 63.5 Å². The molecule has 0 radical (unpaired) electrons. The molecule has 2 aromatic carbocycles. The number of rotatable bonds is 13. The molecule has 0 atom stereocenters. The fraction of sp³-hybridized carbons (Fsp3) is 0.500. The van der Waals surface area contributed by atoms with E-state index in [1.165, 1.54) is 88.5 Å². The van der Waals surface area contributed by atoms with Crippen molar-refractivity contribution in [3.8, 4) is 0 Å². The Labute approximate surface area is 179 Å². The third kappa shape index (κ3) is 10.4. The van der Waals surface area contributed by atoms with Gasteiger partial charge in [-0.15, -0.1) is 0 Å². The topological polar surface area (TPSA) is 127 Å². The fourth-order valence-corrected chi connectivity index (χ4v) is 3.22. The predicted molar refractivity (Wildman–Crippen MR) is 122 cm³/mol. The average molecular weight is 417 g/mol. The van der Waals surface area contributed by atoms with Crippen molar-refractivity contribution in [1.29, 1.82) is 0 Å². The fourth-order valence-electron chi connectivity index (χ4n) is 3.22. The zero-order valence-corrected chi connectivity index (χ0v) is 17.8. The largest absolute Gasteiger partial charge is 0.478 e. The van der Waals surface area contributed by atoms with Gasteiger partial charge in [0.25, 0.3) is 0 Å². The number of hydrogen-bond acceptors (Lipinski definition) is 4. The van der Waals surface area contributed by atoms with Gasteiger partial charge < -0.3 is 21.7 Å². The minimum absolute atomic E-state index is 0.148. The van der Waals surface area contributed by atoms with Crippen LogP contribution in [0.15, 0.2) is 36.4 Å². The van der Waals surface area contributed by atoms with Crippen LogP contribution in [-0.4, -0.2) is 35.2 Å². The number of unbranched alkanes of at least 4 members (excludes halogenated alkanes) is 9. The molecular formula is C24H36N2O4. The molecule has 6 N–H and O–H groups in total. The van der Waals surface area contributed by atoms with E-state index < -0.39 is 11.9 Å². The van der Waals surface area contributed by atoms with Crippen LogP contribution in [0, 0.1) is 0 Å². The molecule has 6 nitrogen and oxygen atoms in total. The highest BCUT2D eigenvalue weighted by atomic mass is 16.4. The van der Waals surface area contributed by atoms with Crippen LogP contribution in [0.1, 0.15) is 84.9 Å². The summed E-state index contributed by atoms with van der Waals surface area (Å²) in [5, 5.41) is 19.0. The standard InChI is InChI=1S/C12H28N2.C12H8O4/c13-11-9-7-5-3-1-2-4-6-8-10-12-14;13-11(14)8-3-1-7-2-4-9(12(15)16)6-10(7)5-8/h1-14H2;1-6H,(H,13,14)(H,15,16). The van der Waals surface area contributed by atoms with Crippen molar-refractivity contribution >= 4 is 22.7 Å². The Bertz CT molecular complexity index is 716. The second kappa shape index (κ2) is 15.4. The number of carboxylic acids is 2. The van der Waals surface area contributed by atoms with E-state index in [1.807, 2.05) is 0 Å². The van der Waals surface area contributed by atoms with E-state index in [4.69, 9.17) is 21.7 Å². The van der Waals surface area contributed by atoms with E-state index >= 15 is 0 Å². The molecule has 0 saturated heterocycles. The molecule has 0 aliphatic rings. The van der Waals surface area contributed by atoms with Crippen LogP contribution in [0.4, 0.5) is 0 Å². The van der Waals surface area contributed by atoms with Gasteiger partial charge in [0.15, 0.2) is 0 Å². The van der Waals surface area contributed by atoms with E-state index in [-0.39, 0.29) is 11.1 Å². The van der Waals surface area contributed by atoms with Gasteiger partial charge in [-0.05, 0) is 61.0 Å². The minimum Gasteiger partial charge on any atom is -0.478 e. The molecule has 0 aliphatic carbocycles. The van der Waals surface area contributed by atoms with Crippen molar-refractivity contribution in [2.75, 3.05) is 13.1 Å². The van der Waals surface area contributed by atoms with Crippen molar-refractivity contribution in [2.45, 2.75) is 64.2 Å². The van der Waals surface area contributed by atoms with E-state index in [1.54, 1.807) is 12.1 Å². The normalized spacial score (nSPS) is 10.5. The van der Waals surface area contributed by atoms with Crippen LogP contribution in [0.25, 0.3) is 10.8 Å². The van der Waals surface area contributed by atoms with Gasteiger partial charge in [0.2, 0.25) is 0 Å². The minimum atomic E-state index is -1.03. The maximum Gasteiger partial charge on any atom is 0.335 e. The highest BCUT2D eigenvalue weighted by Gasteiger charge is 2.06. The molecule has 0 bridgehead atoms. The van der Waals surface area contributed by atoms with Gasteiger partial charge >= 0.3 is 11.9 Å². The van der Waals surface area contributed by atoms with Crippen molar-refractivity contribution < 1.29 is 19.8 Å². The quantitative estimate of drug-likeness (QED) is 0.339. The van der Waals surface area contributed by atoms with Crippen LogP contribution in [0.2, 0.25) is 0 Å². The molecule has 0 heterocycles. The van der Waals surface area contributed by atoms with Crippen LogP contribution >= 0.6 is 0 Å². The number of carboxylic acid groups (broad SMARTS) is 2. The van der Waals surface area contributed by atoms with Crippen molar-refractivity contribution in [3.05, 3.63) is 47.5 Å². The van der Waals surface area contributed by atoms with Crippen LogP contribution < -0.4 is 11.5 Å². The maximum absolute atomic E-state index is 10.7. The molecule has 0 fully saturated rings. The van der Waals surface area contributed by atoms with Gasteiger partial charge in [0.1, 0.15) is 0 Å². The Kier molecular flexibility index (Phi) is 13.1. The van der Waals surface area contributed by atoms with Gasteiger partial charge in [0.05, 0.1) is 11.1 Å². The molecule has 0 aliphatic heterocycles. The molecule has 0 spiro atoms. The lowest BCUT2D eigenvalue weighted by Gasteiger charge is -2.01. The zero-order chi connectivity index (χ0) is 22.2. The van der Waals surface area contributed by atoms with Gasteiger partial charge in [-0.3, -0.25) is 0 Å². The summed E-state index contributed by atoms with van der Waals surface area (Å²) in [6.07, 6.45) is 13.4. The van der Waals surface area contributed by atoms with Gasteiger partial charge in [0, 0.05) is 0 Å². The summed E-state index contributed by atoms with van der Waals surface area (Å²) in [6.45, 7) is 1.72. The van der Waals surface area contributed by atoms with E-state index in [2.05, 4.69) is 0 Å². The third-order valence-electron chi connectivity index (χ3n) is 4.99. The monoisotopic (exact) mass is 416 g/mol. The first kappa shape index (κ1) is 25.6. The first-order chi connectivity index (χ1) is 14.5. The Morgan fingerprint density at radius 1 is 0.567 bits per heavy atom. The van der Waals surface area contributed by atoms with Crippen LogP contribution in [0.3, 0.4) is 0 Å². The Morgan fingerprint density at radius 2 is 0.900 bits per heavy atom. The number of aromatic carboxylic acids is 2. The summed E-state index contributed by atoms with van der Waals surface area (Å²) in [6, 6.07) is 9.22. The van der Waals surface area contributed by atoms with E-state index in [0.717, 1.165) is 18.5 Å². The number of hydrogen-bond donors (Lipinski definition) is 4. The number of carbonyl (C=O) groups is 2. The smallest absolute Gasteiger partial charge is 0.335 e. The molecule has 0 unspecified atom stereocenters. The summed E-state index contributed by atoms with van der Waals surface area (Å²) >= 11 is 0. The lowest BCUT2D eigenvalue weighted by atomic mass is 10.0. The first-order valence-electron chi connectivity index (χ1n) is 10.9. The Hall–Kier alpha value is -2.44. The summed E-state index contributed by atoms with van der Waals surface area (Å²) in [5.74, 6) is -2.05. The molecule has 0 amide bonds. The molecule has 2 aromatic rings. The summed E-state index contributed by atoms with van der Waals surface area (Å²) < 4.78 is 0. The highest BCUT2D eigenvalue weighted by molar-refractivity contribution is 5.98.